The number of allylic oxidation sites excluding steroid dienone is 1. The van der Waals surface area contributed by atoms with Crippen molar-refractivity contribution in [3.05, 3.63) is 70.8 Å². The zero-order chi connectivity index (χ0) is 24.8. The Bertz CT molecular complexity index is 1140. The van der Waals surface area contributed by atoms with Gasteiger partial charge in [-0.05, 0) is 106 Å². The molecule has 5 heteroatoms. The maximum absolute atomic E-state index is 12.9. The molecule has 0 saturated heterocycles. The number of esters is 1. The molecule has 2 aromatic rings. The third-order valence-corrected chi connectivity index (χ3v) is 8.14. The molecule has 1 saturated carbocycles. The van der Waals surface area contributed by atoms with Gasteiger partial charge in [0.2, 0.25) is 0 Å². The Labute approximate surface area is 214 Å². The molecule has 4 nitrogen and oxygen atoms in total. The Hall–Kier alpha value is -2.46. The van der Waals surface area contributed by atoms with Crippen molar-refractivity contribution in [2.75, 3.05) is 24.6 Å². The molecule has 1 spiro atoms. The molecular weight excluding hydrogens is 458 g/mol. The summed E-state index contributed by atoms with van der Waals surface area (Å²) in [6, 6.07) is 12.1. The predicted molar refractivity (Wildman–Crippen MR) is 142 cm³/mol. The Morgan fingerprint density at radius 3 is 2.80 bits per heavy atom. The zero-order valence-corrected chi connectivity index (χ0v) is 21.9. The Morgan fingerprint density at radius 2 is 2.09 bits per heavy atom. The minimum atomic E-state index is -0.541. The number of fused-ring (bicyclic) bond motifs is 3. The molecular formula is C30H36ClNO3. The number of benzene rings is 2. The van der Waals surface area contributed by atoms with E-state index >= 15 is 0 Å². The van der Waals surface area contributed by atoms with Gasteiger partial charge in [0.1, 0.15) is 11.4 Å². The average molecular weight is 494 g/mol. The van der Waals surface area contributed by atoms with E-state index in [-0.39, 0.29) is 11.4 Å². The second-order valence-electron chi connectivity index (χ2n) is 11.5. The first-order valence-corrected chi connectivity index (χ1v) is 13.2. The molecule has 0 aromatic heterocycles. The summed E-state index contributed by atoms with van der Waals surface area (Å²) in [6.07, 6.45) is 7.75. The number of carbonyl (C=O) groups is 1. The summed E-state index contributed by atoms with van der Waals surface area (Å²) < 4.78 is 12.2. The SMILES string of the molecule is C=C[C@@H]1CC[C@H]1CN1CC2(CCCc3cc(Cl)ccc32)COc2ccc(C(=O)OC(C)(C)C)cc21. The lowest BCUT2D eigenvalue weighted by atomic mass is 9.69. The van der Waals surface area contributed by atoms with E-state index < -0.39 is 5.60 Å². The van der Waals surface area contributed by atoms with Crippen molar-refractivity contribution in [2.45, 2.75) is 63.9 Å². The molecule has 5 rings (SSSR count). The van der Waals surface area contributed by atoms with Gasteiger partial charge < -0.3 is 14.4 Å². The second-order valence-corrected chi connectivity index (χ2v) is 12.0. The Balaban J connectivity index is 1.54. The first-order valence-electron chi connectivity index (χ1n) is 12.8. The maximum atomic E-state index is 12.9. The van der Waals surface area contributed by atoms with Crippen molar-refractivity contribution >= 4 is 23.3 Å². The number of hydrogen-bond acceptors (Lipinski definition) is 4. The Kier molecular flexibility index (Phi) is 6.37. The molecule has 1 unspecified atom stereocenters. The maximum Gasteiger partial charge on any atom is 0.338 e. The molecule has 0 radical (unpaired) electrons. The molecule has 0 amide bonds. The summed E-state index contributed by atoms with van der Waals surface area (Å²) in [4.78, 5) is 15.4. The normalized spacial score (nSPS) is 25.5. The lowest BCUT2D eigenvalue weighted by Gasteiger charge is -2.44. The van der Waals surface area contributed by atoms with Gasteiger partial charge in [-0.3, -0.25) is 0 Å². The number of halogens is 1. The molecule has 3 aliphatic rings. The molecule has 0 bridgehead atoms. The van der Waals surface area contributed by atoms with Gasteiger partial charge in [-0.2, -0.15) is 0 Å². The number of nitrogens with zero attached hydrogens (tertiary/aromatic N) is 1. The van der Waals surface area contributed by atoms with Crippen molar-refractivity contribution in [3.63, 3.8) is 0 Å². The summed E-state index contributed by atoms with van der Waals surface area (Å²) in [7, 11) is 0. The number of aryl methyl sites for hydroxylation is 1. The molecule has 1 aliphatic heterocycles. The van der Waals surface area contributed by atoms with E-state index in [1.807, 2.05) is 45.0 Å². The zero-order valence-electron chi connectivity index (χ0n) is 21.1. The lowest BCUT2D eigenvalue weighted by molar-refractivity contribution is 0.00695. The van der Waals surface area contributed by atoms with Gasteiger partial charge in [0.05, 0.1) is 17.9 Å². The fourth-order valence-electron chi connectivity index (χ4n) is 5.99. The minimum absolute atomic E-state index is 0.114. The van der Waals surface area contributed by atoms with E-state index in [1.54, 1.807) is 0 Å². The number of hydrogen-bond donors (Lipinski definition) is 0. The number of ether oxygens (including phenoxy) is 2. The summed E-state index contributed by atoms with van der Waals surface area (Å²) in [6.45, 7) is 12.1. The fraction of sp³-hybridized carbons (Fsp3) is 0.500. The Morgan fingerprint density at radius 1 is 1.26 bits per heavy atom. The average Bonchev–Trinajstić information content (AvgIpc) is 2.93. The topological polar surface area (TPSA) is 38.8 Å². The highest BCUT2D eigenvalue weighted by atomic mass is 35.5. The quantitative estimate of drug-likeness (QED) is 0.340. The third kappa shape index (κ3) is 4.82. The van der Waals surface area contributed by atoms with Gasteiger partial charge in [0.15, 0.2) is 0 Å². The first kappa shape index (κ1) is 24.2. The van der Waals surface area contributed by atoms with Crippen LogP contribution in [0.15, 0.2) is 49.1 Å². The highest BCUT2D eigenvalue weighted by Crippen LogP contribution is 2.46. The van der Waals surface area contributed by atoms with Crippen LogP contribution in [0, 0.1) is 11.8 Å². The summed E-state index contributed by atoms with van der Waals surface area (Å²) in [5, 5.41) is 0.792. The number of anilines is 1. The largest absolute Gasteiger partial charge is 0.490 e. The van der Waals surface area contributed by atoms with E-state index in [1.165, 1.54) is 24.0 Å². The predicted octanol–water partition coefficient (Wildman–Crippen LogP) is 6.98. The molecule has 1 fully saturated rings. The molecule has 1 heterocycles. The van der Waals surface area contributed by atoms with Crippen LogP contribution >= 0.6 is 11.6 Å². The number of rotatable bonds is 4. The molecule has 186 valence electrons. The van der Waals surface area contributed by atoms with E-state index in [4.69, 9.17) is 21.1 Å². The lowest BCUT2D eigenvalue weighted by Crippen LogP contribution is -2.48. The van der Waals surface area contributed by atoms with Crippen LogP contribution in [0.4, 0.5) is 5.69 Å². The van der Waals surface area contributed by atoms with Gasteiger partial charge in [0, 0.05) is 23.5 Å². The van der Waals surface area contributed by atoms with Crippen molar-refractivity contribution in [1.29, 1.82) is 0 Å². The van der Waals surface area contributed by atoms with Crippen LogP contribution in [0.25, 0.3) is 0 Å². The summed E-state index contributed by atoms with van der Waals surface area (Å²) in [5.74, 6) is 1.65. The highest BCUT2D eigenvalue weighted by Gasteiger charge is 2.43. The summed E-state index contributed by atoms with van der Waals surface area (Å²) >= 11 is 6.36. The van der Waals surface area contributed by atoms with Crippen LogP contribution in [0.5, 0.6) is 5.75 Å². The smallest absolute Gasteiger partial charge is 0.338 e. The van der Waals surface area contributed by atoms with Crippen molar-refractivity contribution in [1.82, 2.24) is 0 Å². The first-order chi connectivity index (χ1) is 16.7. The molecule has 0 N–H and O–H groups in total. The molecule has 2 aromatic carbocycles. The molecule has 35 heavy (non-hydrogen) atoms. The minimum Gasteiger partial charge on any atom is -0.490 e. The van der Waals surface area contributed by atoms with Crippen LogP contribution in [0.1, 0.15) is 67.9 Å². The van der Waals surface area contributed by atoms with Crippen molar-refractivity contribution in [2.24, 2.45) is 11.8 Å². The van der Waals surface area contributed by atoms with Crippen LogP contribution in [0.3, 0.4) is 0 Å². The van der Waals surface area contributed by atoms with E-state index in [0.717, 1.165) is 48.8 Å². The van der Waals surface area contributed by atoms with E-state index in [2.05, 4.69) is 29.7 Å². The van der Waals surface area contributed by atoms with Crippen LogP contribution in [-0.4, -0.2) is 31.3 Å². The molecule has 2 aliphatic carbocycles. The van der Waals surface area contributed by atoms with Gasteiger partial charge in [-0.1, -0.05) is 23.7 Å². The van der Waals surface area contributed by atoms with Crippen LogP contribution in [-0.2, 0) is 16.6 Å². The van der Waals surface area contributed by atoms with Gasteiger partial charge in [0.25, 0.3) is 0 Å². The highest BCUT2D eigenvalue weighted by molar-refractivity contribution is 6.30. The van der Waals surface area contributed by atoms with E-state index in [9.17, 15) is 4.79 Å². The second kappa shape index (κ2) is 9.20. The van der Waals surface area contributed by atoms with Gasteiger partial charge in [-0.25, -0.2) is 4.79 Å². The van der Waals surface area contributed by atoms with E-state index in [0.29, 0.717) is 24.0 Å². The van der Waals surface area contributed by atoms with Gasteiger partial charge in [-0.15, -0.1) is 6.58 Å². The molecule has 3 atom stereocenters. The van der Waals surface area contributed by atoms with Crippen LogP contribution < -0.4 is 9.64 Å². The third-order valence-electron chi connectivity index (χ3n) is 7.91. The standard InChI is InChI=1S/C30H36ClNO3/c1-5-20-8-9-23(20)17-32-18-30(14-6-7-21-15-24(31)11-12-25(21)30)19-34-27-13-10-22(16-26(27)32)28(33)35-29(2,3)4/h5,10-13,15-16,20,23H,1,6-9,14,17-19H2,2-4H3/t20-,23+,30?/m1/s1. The fourth-order valence-corrected chi connectivity index (χ4v) is 6.19. The van der Waals surface area contributed by atoms with Crippen molar-refractivity contribution < 1.29 is 14.3 Å². The monoisotopic (exact) mass is 493 g/mol. The summed E-state index contributed by atoms with van der Waals surface area (Å²) in [5.41, 5.74) is 3.58. The number of carbonyl (C=O) groups excluding carboxylic acids is 1. The van der Waals surface area contributed by atoms with Crippen LogP contribution in [0.2, 0.25) is 5.02 Å². The van der Waals surface area contributed by atoms with Crippen molar-refractivity contribution in [3.8, 4) is 5.75 Å². The van der Waals surface area contributed by atoms with Gasteiger partial charge >= 0.3 is 5.97 Å².